The Morgan fingerprint density at radius 1 is 1.69 bits per heavy atom. The summed E-state index contributed by atoms with van der Waals surface area (Å²) in [7, 11) is 0. The molecular formula is C8H6ClN3O. The maximum absolute atomic E-state index is 11.0. The summed E-state index contributed by atoms with van der Waals surface area (Å²) in [6.45, 7) is 0. The number of terminal acetylenes is 1. The van der Waals surface area contributed by atoms with Gasteiger partial charge in [-0.15, -0.1) is 6.42 Å². The third kappa shape index (κ3) is 3.09. The van der Waals surface area contributed by atoms with Crippen molar-refractivity contribution in [2.75, 3.05) is 5.32 Å². The quantitative estimate of drug-likeness (QED) is 0.568. The fraction of sp³-hybridized carbons (Fsp3) is 0.125. The summed E-state index contributed by atoms with van der Waals surface area (Å²) in [6.07, 6.45) is 6.22. The number of carbonyl (C=O) groups excluding carboxylic acids is 1. The van der Waals surface area contributed by atoms with Gasteiger partial charge in [0.1, 0.15) is 17.3 Å². The van der Waals surface area contributed by atoms with Crippen molar-refractivity contribution in [2.24, 2.45) is 0 Å². The number of hydrogen-bond donors (Lipinski definition) is 1. The normalized spacial score (nSPS) is 8.92. The average Bonchev–Trinajstić information content (AvgIpc) is 2.04. The minimum absolute atomic E-state index is 0.0155. The summed E-state index contributed by atoms with van der Waals surface area (Å²) in [4.78, 5) is 18.4. The molecule has 0 aliphatic heterocycles. The molecule has 0 radical (unpaired) electrons. The van der Waals surface area contributed by atoms with Crippen LogP contribution in [0.1, 0.15) is 6.42 Å². The number of nitrogens with zero attached hydrogens (tertiary/aromatic N) is 2. The largest absolute Gasteiger partial charge is 0.310 e. The molecule has 66 valence electrons. The maximum Gasteiger partial charge on any atom is 0.237 e. The molecule has 0 saturated heterocycles. The van der Waals surface area contributed by atoms with Gasteiger partial charge in [0, 0.05) is 6.07 Å². The molecule has 0 aliphatic rings. The molecule has 1 N–H and O–H groups in total. The number of rotatable bonds is 2. The Kier molecular flexibility index (Phi) is 3.23. The molecule has 0 aliphatic carbocycles. The molecular weight excluding hydrogens is 190 g/mol. The Labute approximate surface area is 80.3 Å². The van der Waals surface area contributed by atoms with Gasteiger partial charge in [0.2, 0.25) is 5.91 Å². The van der Waals surface area contributed by atoms with Crippen LogP contribution in [0.15, 0.2) is 12.4 Å². The van der Waals surface area contributed by atoms with Crippen LogP contribution in [0.2, 0.25) is 5.15 Å². The Bertz CT molecular complexity index is 359. The van der Waals surface area contributed by atoms with Crippen molar-refractivity contribution in [1.29, 1.82) is 0 Å². The zero-order valence-corrected chi connectivity index (χ0v) is 7.38. The number of hydrogen-bond acceptors (Lipinski definition) is 3. The molecule has 0 unspecified atom stereocenters. The molecule has 1 aromatic heterocycles. The van der Waals surface area contributed by atoms with Crippen molar-refractivity contribution >= 4 is 23.3 Å². The zero-order chi connectivity index (χ0) is 9.68. The van der Waals surface area contributed by atoms with Crippen molar-refractivity contribution < 1.29 is 4.79 Å². The van der Waals surface area contributed by atoms with Crippen LogP contribution < -0.4 is 5.32 Å². The predicted molar refractivity (Wildman–Crippen MR) is 49.1 cm³/mol. The predicted octanol–water partition coefficient (Wildman–Crippen LogP) is 1.09. The summed E-state index contributed by atoms with van der Waals surface area (Å²) in [5.41, 5.74) is 0. The Morgan fingerprint density at radius 2 is 2.46 bits per heavy atom. The van der Waals surface area contributed by atoms with Crippen molar-refractivity contribution in [3.63, 3.8) is 0 Å². The molecule has 0 aromatic carbocycles. The van der Waals surface area contributed by atoms with Gasteiger partial charge in [0.05, 0.1) is 6.42 Å². The first-order valence-corrected chi connectivity index (χ1v) is 3.81. The third-order valence-electron chi connectivity index (χ3n) is 1.16. The Morgan fingerprint density at radius 3 is 3.08 bits per heavy atom. The van der Waals surface area contributed by atoms with E-state index in [4.69, 9.17) is 18.0 Å². The van der Waals surface area contributed by atoms with Gasteiger partial charge in [-0.25, -0.2) is 9.97 Å². The zero-order valence-electron chi connectivity index (χ0n) is 6.62. The van der Waals surface area contributed by atoms with Crippen LogP contribution in [-0.2, 0) is 4.79 Å². The highest BCUT2D eigenvalue weighted by Gasteiger charge is 2.01. The first kappa shape index (κ1) is 9.49. The van der Waals surface area contributed by atoms with E-state index >= 15 is 0 Å². The molecule has 13 heavy (non-hydrogen) atoms. The van der Waals surface area contributed by atoms with Crippen molar-refractivity contribution in [2.45, 2.75) is 6.42 Å². The highest BCUT2D eigenvalue weighted by atomic mass is 35.5. The lowest BCUT2D eigenvalue weighted by Crippen LogP contribution is -2.11. The van der Waals surface area contributed by atoms with Gasteiger partial charge in [-0.3, -0.25) is 4.79 Å². The summed E-state index contributed by atoms with van der Waals surface area (Å²) in [5.74, 6) is 2.27. The number of amides is 1. The van der Waals surface area contributed by atoms with Crippen molar-refractivity contribution in [1.82, 2.24) is 9.97 Å². The second-order valence-electron chi connectivity index (χ2n) is 2.16. The summed E-state index contributed by atoms with van der Waals surface area (Å²) < 4.78 is 0. The molecule has 0 fully saturated rings. The lowest BCUT2D eigenvalue weighted by molar-refractivity contribution is -0.115. The summed E-state index contributed by atoms with van der Waals surface area (Å²) >= 11 is 5.56. The van der Waals surface area contributed by atoms with E-state index in [9.17, 15) is 4.79 Å². The monoisotopic (exact) mass is 195 g/mol. The van der Waals surface area contributed by atoms with E-state index in [-0.39, 0.29) is 17.5 Å². The van der Waals surface area contributed by atoms with E-state index in [0.29, 0.717) is 5.82 Å². The van der Waals surface area contributed by atoms with Crippen LogP contribution in [0.3, 0.4) is 0 Å². The maximum atomic E-state index is 11.0. The Hall–Kier alpha value is -1.60. The molecule has 0 saturated carbocycles. The molecule has 1 aromatic rings. The molecule has 1 amide bonds. The fourth-order valence-corrected chi connectivity index (χ4v) is 0.829. The number of carbonyl (C=O) groups is 1. The van der Waals surface area contributed by atoms with Gasteiger partial charge in [-0.1, -0.05) is 17.5 Å². The minimum atomic E-state index is -0.294. The van der Waals surface area contributed by atoms with Gasteiger partial charge in [0.25, 0.3) is 0 Å². The third-order valence-corrected chi connectivity index (χ3v) is 1.37. The van der Waals surface area contributed by atoms with Crippen LogP contribution in [0.25, 0.3) is 0 Å². The smallest absolute Gasteiger partial charge is 0.237 e. The lowest BCUT2D eigenvalue weighted by atomic mass is 10.4. The number of nitrogens with one attached hydrogen (secondary N) is 1. The molecule has 5 heteroatoms. The molecule has 0 spiro atoms. The lowest BCUT2D eigenvalue weighted by Gasteiger charge is -2.00. The molecule has 4 nitrogen and oxygen atoms in total. The summed E-state index contributed by atoms with van der Waals surface area (Å²) in [5, 5.41) is 2.74. The van der Waals surface area contributed by atoms with Gasteiger partial charge < -0.3 is 5.32 Å². The topological polar surface area (TPSA) is 54.9 Å². The van der Waals surface area contributed by atoms with Crippen LogP contribution in [0.5, 0.6) is 0 Å². The standard InChI is InChI=1S/C8H6ClN3O/c1-2-3-8(13)12-7-4-6(9)10-5-11-7/h1,4-5H,3H2,(H,10,11,12,13). The first-order chi connectivity index (χ1) is 6.22. The van der Waals surface area contributed by atoms with E-state index in [2.05, 4.69) is 21.2 Å². The molecule has 0 atom stereocenters. The minimum Gasteiger partial charge on any atom is -0.310 e. The van der Waals surface area contributed by atoms with Crippen LogP contribution in [0, 0.1) is 12.3 Å². The molecule has 1 heterocycles. The van der Waals surface area contributed by atoms with E-state index < -0.39 is 0 Å². The van der Waals surface area contributed by atoms with E-state index in [1.165, 1.54) is 12.4 Å². The average molecular weight is 196 g/mol. The number of anilines is 1. The number of halogens is 1. The van der Waals surface area contributed by atoms with Gasteiger partial charge >= 0.3 is 0 Å². The van der Waals surface area contributed by atoms with Crippen molar-refractivity contribution in [3.05, 3.63) is 17.5 Å². The van der Waals surface area contributed by atoms with Crippen LogP contribution in [0.4, 0.5) is 5.82 Å². The number of aromatic nitrogens is 2. The second-order valence-corrected chi connectivity index (χ2v) is 2.54. The van der Waals surface area contributed by atoms with Crippen molar-refractivity contribution in [3.8, 4) is 12.3 Å². The van der Waals surface area contributed by atoms with Gasteiger partial charge in [-0.2, -0.15) is 0 Å². The highest BCUT2D eigenvalue weighted by molar-refractivity contribution is 6.29. The van der Waals surface area contributed by atoms with E-state index in [1.807, 2.05) is 0 Å². The van der Waals surface area contributed by atoms with Crippen LogP contribution >= 0.6 is 11.6 Å². The van der Waals surface area contributed by atoms with Crippen LogP contribution in [-0.4, -0.2) is 15.9 Å². The summed E-state index contributed by atoms with van der Waals surface area (Å²) in [6, 6.07) is 1.44. The second kappa shape index (κ2) is 4.43. The molecule has 0 bridgehead atoms. The Balaban J connectivity index is 2.65. The SMILES string of the molecule is C#CCC(=O)Nc1cc(Cl)ncn1. The first-order valence-electron chi connectivity index (χ1n) is 3.43. The highest BCUT2D eigenvalue weighted by Crippen LogP contribution is 2.08. The van der Waals surface area contributed by atoms with Gasteiger partial charge in [-0.05, 0) is 0 Å². The fourth-order valence-electron chi connectivity index (χ4n) is 0.682. The molecule has 1 rings (SSSR count). The van der Waals surface area contributed by atoms with E-state index in [1.54, 1.807) is 0 Å². The van der Waals surface area contributed by atoms with E-state index in [0.717, 1.165) is 0 Å². The van der Waals surface area contributed by atoms with Gasteiger partial charge in [0.15, 0.2) is 0 Å².